The molecule has 1 aromatic heterocycles. The fraction of sp³-hybridized carbons (Fsp3) is 0.238. The molecule has 0 atom stereocenters. The van der Waals surface area contributed by atoms with E-state index in [1.165, 1.54) is 18.3 Å². The summed E-state index contributed by atoms with van der Waals surface area (Å²) in [7, 11) is 0. The summed E-state index contributed by atoms with van der Waals surface area (Å²) in [5.41, 5.74) is 2.18. The summed E-state index contributed by atoms with van der Waals surface area (Å²) in [6.07, 6.45) is 0. The Balaban J connectivity index is 1.66. The van der Waals surface area contributed by atoms with Crippen molar-refractivity contribution in [3.63, 3.8) is 0 Å². The number of benzene rings is 2. The van der Waals surface area contributed by atoms with E-state index in [1.54, 1.807) is 12.1 Å². The van der Waals surface area contributed by atoms with Crippen LogP contribution in [0.5, 0.6) is 0 Å². The number of thiophene rings is 1. The summed E-state index contributed by atoms with van der Waals surface area (Å²) >= 11 is 7.83. The van der Waals surface area contributed by atoms with Gasteiger partial charge in [0.15, 0.2) is 0 Å². The number of carbonyl (C=O) groups excluding carboxylic acids is 2. The average Bonchev–Trinajstić information content (AvgIpc) is 3.06. The lowest BCUT2D eigenvalue weighted by molar-refractivity contribution is -0.114. The van der Waals surface area contributed by atoms with Gasteiger partial charge in [-0.25, -0.2) is 0 Å². The van der Waals surface area contributed by atoms with E-state index < -0.39 is 0 Å². The minimum atomic E-state index is -0.252. The van der Waals surface area contributed by atoms with E-state index in [0.717, 1.165) is 15.8 Å². The largest absolute Gasteiger partial charge is 0.378 e. The van der Waals surface area contributed by atoms with Crippen LogP contribution in [-0.4, -0.2) is 38.1 Å². The molecule has 150 valence electrons. The van der Waals surface area contributed by atoms with Gasteiger partial charge in [0.1, 0.15) is 4.88 Å². The van der Waals surface area contributed by atoms with Crippen molar-refractivity contribution in [2.75, 3.05) is 41.8 Å². The second-order valence-corrected chi connectivity index (χ2v) is 8.14. The number of carbonyl (C=O) groups is 2. The minimum Gasteiger partial charge on any atom is -0.378 e. The number of nitrogens with zero attached hydrogens (tertiary/aromatic N) is 1. The molecule has 2 heterocycles. The molecule has 0 spiro atoms. The number of anilines is 3. The van der Waals surface area contributed by atoms with Crippen LogP contribution in [0, 0.1) is 0 Å². The Morgan fingerprint density at radius 3 is 2.59 bits per heavy atom. The zero-order valence-electron chi connectivity index (χ0n) is 15.8. The summed E-state index contributed by atoms with van der Waals surface area (Å²) in [6.45, 7) is 4.10. The van der Waals surface area contributed by atoms with E-state index in [4.69, 9.17) is 16.3 Å². The van der Waals surface area contributed by atoms with Crippen molar-refractivity contribution in [3.8, 4) is 0 Å². The molecule has 4 rings (SSSR count). The van der Waals surface area contributed by atoms with Crippen LogP contribution >= 0.6 is 22.9 Å². The van der Waals surface area contributed by atoms with E-state index in [2.05, 4.69) is 15.5 Å². The lowest BCUT2D eigenvalue weighted by atomic mass is 10.2. The molecule has 0 aliphatic carbocycles. The zero-order valence-corrected chi connectivity index (χ0v) is 17.4. The van der Waals surface area contributed by atoms with Crippen LogP contribution in [0.25, 0.3) is 10.1 Å². The highest BCUT2D eigenvalue weighted by molar-refractivity contribution is 7.21. The topological polar surface area (TPSA) is 70.7 Å². The Labute approximate surface area is 177 Å². The first-order valence-corrected chi connectivity index (χ1v) is 10.4. The van der Waals surface area contributed by atoms with Gasteiger partial charge in [-0.3, -0.25) is 9.59 Å². The number of fused-ring (bicyclic) bond motifs is 1. The van der Waals surface area contributed by atoms with Gasteiger partial charge in [0.05, 0.1) is 29.6 Å². The number of hydrogen-bond acceptors (Lipinski definition) is 5. The third-order valence-corrected chi connectivity index (χ3v) is 6.33. The second kappa shape index (κ2) is 8.41. The Hall–Kier alpha value is -2.61. The highest BCUT2D eigenvalue weighted by Gasteiger charge is 2.21. The number of nitrogens with one attached hydrogen (secondary N) is 2. The van der Waals surface area contributed by atoms with Crippen LogP contribution in [0.2, 0.25) is 5.02 Å². The van der Waals surface area contributed by atoms with Gasteiger partial charge >= 0.3 is 0 Å². The average molecular weight is 430 g/mol. The molecule has 1 aliphatic heterocycles. The van der Waals surface area contributed by atoms with Crippen molar-refractivity contribution in [2.45, 2.75) is 6.92 Å². The van der Waals surface area contributed by atoms with Gasteiger partial charge in [0, 0.05) is 35.8 Å². The summed E-state index contributed by atoms with van der Waals surface area (Å²) in [4.78, 5) is 27.1. The molecule has 0 radical (unpaired) electrons. The molecule has 0 unspecified atom stereocenters. The third-order valence-electron chi connectivity index (χ3n) is 4.66. The lowest BCUT2D eigenvalue weighted by Crippen LogP contribution is -2.36. The first-order valence-electron chi connectivity index (χ1n) is 9.25. The number of morpholine rings is 1. The second-order valence-electron chi connectivity index (χ2n) is 6.71. The van der Waals surface area contributed by atoms with Crippen molar-refractivity contribution in [2.24, 2.45) is 0 Å². The number of amides is 2. The molecule has 1 aliphatic rings. The number of hydrogen-bond donors (Lipinski definition) is 2. The molecular formula is C21H20ClN3O3S. The summed E-state index contributed by atoms with van der Waals surface area (Å²) < 4.78 is 6.41. The first kappa shape index (κ1) is 19.7. The van der Waals surface area contributed by atoms with E-state index >= 15 is 0 Å². The van der Waals surface area contributed by atoms with E-state index in [0.29, 0.717) is 47.6 Å². The number of rotatable bonds is 4. The van der Waals surface area contributed by atoms with Crippen LogP contribution < -0.4 is 15.5 Å². The molecule has 2 N–H and O–H groups in total. The molecule has 0 saturated carbocycles. The van der Waals surface area contributed by atoms with Crippen molar-refractivity contribution in [1.29, 1.82) is 0 Å². The van der Waals surface area contributed by atoms with Crippen LogP contribution in [-0.2, 0) is 9.53 Å². The minimum absolute atomic E-state index is 0.147. The molecule has 29 heavy (non-hydrogen) atoms. The van der Waals surface area contributed by atoms with Crippen LogP contribution in [0.4, 0.5) is 17.1 Å². The molecule has 0 bridgehead atoms. The fourth-order valence-corrected chi connectivity index (χ4v) is 4.74. The molecule has 8 heteroatoms. The predicted octanol–water partition coefficient (Wildman–Crippen LogP) is 4.60. The molecule has 1 saturated heterocycles. The third kappa shape index (κ3) is 4.22. The van der Waals surface area contributed by atoms with Gasteiger partial charge in [-0.05, 0) is 24.3 Å². The first-order chi connectivity index (χ1) is 14.0. The van der Waals surface area contributed by atoms with Gasteiger partial charge in [-0.1, -0.05) is 29.8 Å². The smallest absolute Gasteiger partial charge is 0.267 e. The van der Waals surface area contributed by atoms with Crippen molar-refractivity contribution in [1.82, 2.24) is 0 Å². The molecule has 6 nitrogen and oxygen atoms in total. The van der Waals surface area contributed by atoms with Crippen molar-refractivity contribution >= 4 is 61.9 Å². The van der Waals surface area contributed by atoms with Gasteiger partial charge < -0.3 is 20.3 Å². The Bertz CT molecular complexity index is 1080. The number of halogens is 1. The maximum absolute atomic E-state index is 13.0. The normalized spacial score (nSPS) is 14.1. The van der Waals surface area contributed by atoms with Gasteiger partial charge in [0.2, 0.25) is 5.91 Å². The van der Waals surface area contributed by atoms with Crippen molar-refractivity contribution < 1.29 is 14.3 Å². The SMILES string of the molecule is CC(=O)Nc1ccc(NC(=O)c2sc3ccccc3c2Cl)c(N2CCOCC2)c1. The Kier molecular flexibility index (Phi) is 5.71. The molecule has 1 fully saturated rings. The van der Waals surface area contributed by atoms with Crippen LogP contribution in [0.15, 0.2) is 42.5 Å². The van der Waals surface area contributed by atoms with Gasteiger partial charge in [0.25, 0.3) is 5.91 Å². The van der Waals surface area contributed by atoms with Crippen LogP contribution in [0.1, 0.15) is 16.6 Å². The van der Waals surface area contributed by atoms with Gasteiger partial charge in [-0.15, -0.1) is 11.3 Å². The highest BCUT2D eigenvalue weighted by atomic mass is 35.5. The maximum Gasteiger partial charge on any atom is 0.267 e. The fourth-order valence-electron chi connectivity index (χ4n) is 3.32. The van der Waals surface area contributed by atoms with Crippen LogP contribution in [0.3, 0.4) is 0 Å². The van der Waals surface area contributed by atoms with E-state index in [-0.39, 0.29) is 11.8 Å². The summed E-state index contributed by atoms with van der Waals surface area (Å²) in [6, 6.07) is 13.1. The Morgan fingerprint density at radius 2 is 1.86 bits per heavy atom. The van der Waals surface area contributed by atoms with E-state index in [1.807, 2.05) is 30.3 Å². The predicted molar refractivity (Wildman–Crippen MR) is 119 cm³/mol. The molecular weight excluding hydrogens is 410 g/mol. The lowest BCUT2D eigenvalue weighted by Gasteiger charge is -2.31. The molecule has 3 aromatic rings. The molecule has 2 amide bonds. The number of ether oxygens (including phenoxy) is 1. The quantitative estimate of drug-likeness (QED) is 0.635. The standard InChI is InChI=1S/C21H20ClN3O3S/c1-13(26)23-14-6-7-16(17(12-14)25-8-10-28-11-9-25)24-21(27)20-19(22)15-4-2-3-5-18(15)29-20/h2-7,12H,8-11H2,1H3,(H,23,26)(H,24,27). The van der Waals surface area contributed by atoms with Crippen molar-refractivity contribution in [3.05, 3.63) is 52.4 Å². The zero-order chi connectivity index (χ0) is 20.4. The summed E-state index contributed by atoms with van der Waals surface area (Å²) in [5, 5.41) is 7.13. The summed E-state index contributed by atoms with van der Waals surface area (Å²) in [5.74, 6) is -0.398. The highest BCUT2D eigenvalue weighted by Crippen LogP contribution is 2.37. The maximum atomic E-state index is 13.0. The molecule has 2 aromatic carbocycles. The Morgan fingerprint density at radius 1 is 1.10 bits per heavy atom. The monoisotopic (exact) mass is 429 g/mol. The van der Waals surface area contributed by atoms with E-state index in [9.17, 15) is 9.59 Å². The van der Waals surface area contributed by atoms with Gasteiger partial charge in [-0.2, -0.15) is 0 Å².